The third-order valence-corrected chi connectivity index (χ3v) is 6.49. The van der Waals surface area contributed by atoms with Crippen LogP contribution in [0.1, 0.15) is 6.42 Å². The number of aromatic nitrogens is 5. The summed E-state index contributed by atoms with van der Waals surface area (Å²) in [5.74, 6) is -0.549. The summed E-state index contributed by atoms with van der Waals surface area (Å²) in [6.45, 7) is -0.753. The average Bonchev–Trinajstić information content (AvgIpc) is 3.26. The Morgan fingerprint density at radius 2 is 2.19 bits per heavy atom. The highest BCUT2D eigenvalue weighted by atomic mass is 32.2. The number of alkyl halides is 1. The van der Waals surface area contributed by atoms with Crippen LogP contribution in [-0.2, 0) is 15.6 Å². The number of nitriles is 1. The molecule has 3 aromatic rings. The Labute approximate surface area is 154 Å². The van der Waals surface area contributed by atoms with Gasteiger partial charge >= 0.3 is 0 Å². The molecule has 1 N–H and O–H groups in total. The smallest absolute Gasteiger partial charge is 0.216 e. The maximum atomic E-state index is 12.5. The molecule has 0 radical (unpaired) electrons. The lowest BCUT2D eigenvalue weighted by atomic mass is 9.89. The summed E-state index contributed by atoms with van der Waals surface area (Å²) in [4.78, 5) is 11.5. The Bertz CT molecular complexity index is 1130. The quantitative estimate of drug-likeness (QED) is 0.673. The normalized spacial score (nSPS) is 16.9. The standard InChI is InChI=1S/C16H16FN7O2S/c17-3-6-27(25,26)23-9-16(10-23,2-4-18)24-8-12(7-22-24)14-13-1-5-19-15(13)21-11-20-14/h1,5,7-8,11H,2-3,6,9-10H2,(H,19,20,21). The second kappa shape index (κ2) is 6.40. The first-order valence-corrected chi connectivity index (χ1v) is 9.84. The van der Waals surface area contributed by atoms with Crippen LogP contribution in [0.25, 0.3) is 22.3 Å². The second-order valence-corrected chi connectivity index (χ2v) is 8.56. The highest BCUT2D eigenvalue weighted by Crippen LogP contribution is 2.35. The SMILES string of the molecule is N#CCC1(n2cc(-c3ncnc4[nH]ccc34)cn2)CN(S(=O)(=O)CCF)C1. The highest BCUT2D eigenvalue weighted by molar-refractivity contribution is 7.89. The van der Waals surface area contributed by atoms with E-state index in [0.29, 0.717) is 11.3 Å². The van der Waals surface area contributed by atoms with Crippen LogP contribution in [0.5, 0.6) is 0 Å². The molecule has 9 nitrogen and oxygen atoms in total. The fourth-order valence-corrected chi connectivity index (χ4v) is 4.65. The van der Waals surface area contributed by atoms with Gasteiger partial charge in [0.2, 0.25) is 10.0 Å². The number of rotatable bonds is 6. The minimum Gasteiger partial charge on any atom is -0.346 e. The lowest BCUT2D eigenvalue weighted by Gasteiger charge is -2.47. The van der Waals surface area contributed by atoms with Crippen LogP contribution in [0.15, 0.2) is 31.0 Å². The summed E-state index contributed by atoms with van der Waals surface area (Å²) >= 11 is 0. The second-order valence-electron chi connectivity index (χ2n) is 6.47. The molecule has 0 bridgehead atoms. The van der Waals surface area contributed by atoms with Gasteiger partial charge in [-0.05, 0) is 6.07 Å². The van der Waals surface area contributed by atoms with Gasteiger partial charge in [-0.25, -0.2) is 22.8 Å². The summed E-state index contributed by atoms with van der Waals surface area (Å²) in [5.41, 5.74) is 1.37. The minimum absolute atomic E-state index is 0.0906. The highest BCUT2D eigenvalue weighted by Gasteiger charge is 2.50. The molecule has 0 unspecified atom stereocenters. The number of hydrogen-bond donors (Lipinski definition) is 1. The van der Waals surface area contributed by atoms with E-state index < -0.39 is 28.0 Å². The lowest BCUT2D eigenvalue weighted by Crippen LogP contribution is -2.64. The van der Waals surface area contributed by atoms with E-state index in [2.05, 4.69) is 26.1 Å². The van der Waals surface area contributed by atoms with Gasteiger partial charge in [0.15, 0.2) is 0 Å². The molecule has 1 aliphatic heterocycles. The summed E-state index contributed by atoms with van der Waals surface area (Å²) in [6, 6.07) is 3.96. The fraction of sp³-hybridized carbons (Fsp3) is 0.375. The molecule has 1 fully saturated rings. The molecule has 27 heavy (non-hydrogen) atoms. The van der Waals surface area contributed by atoms with Gasteiger partial charge in [-0.2, -0.15) is 14.7 Å². The molecule has 1 aliphatic rings. The molecular weight excluding hydrogens is 373 g/mol. The number of nitrogens with zero attached hydrogens (tertiary/aromatic N) is 6. The molecule has 11 heteroatoms. The maximum absolute atomic E-state index is 12.5. The maximum Gasteiger partial charge on any atom is 0.216 e. The van der Waals surface area contributed by atoms with E-state index >= 15 is 0 Å². The van der Waals surface area contributed by atoms with E-state index in [1.54, 1.807) is 23.3 Å². The first kappa shape index (κ1) is 17.6. The molecule has 0 saturated carbocycles. The first-order valence-electron chi connectivity index (χ1n) is 8.23. The van der Waals surface area contributed by atoms with E-state index in [1.165, 1.54) is 10.6 Å². The van der Waals surface area contributed by atoms with Crippen LogP contribution < -0.4 is 0 Å². The Kier molecular flexibility index (Phi) is 4.16. The molecule has 4 rings (SSSR count). The third kappa shape index (κ3) is 2.87. The number of H-pyrrole nitrogens is 1. The van der Waals surface area contributed by atoms with Crippen molar-refractivity contribution >= 4 is 21.1 Å². The zero-order valence-corrected chi connectivity index (χ0v) is 15.0. The minimum atomic E-state index is -3.65. The van der Waals surface area contributed by atoms with Crippen LogP contribution in [0, 0.1) is 11.3 Å². The summed E-state index contributed by atoms with van der Waals surface area (Å²) < 4.78 is 39.4. The van der Waals surface area contributed by atoms with Crippen molar-refractivity contribution in [1.82, 2.24) is 29.0 Å². The van der Waals surface area contributed by atoms with Crippen molar-refractivity contribution in [2.75, 3.05) is 25.5 Å². The van der Waals surface area contributed by atoms with Crippen molar-refractivity contribution in [1.29, 1.82) is 5.26 Å². The van der Waals surface area contributed by atoms with Gasteiger partial charge < -0.3 is 4.98 Å². The van der Waals surface area contributed by atoms with Crippen molar-refractivity contribution in [3.8, 4) is 17.3 Å². The predicted molar refractivity (Wildman–Crippen MR) is 94.6 cm³/mol. The Morgan fingerprint density at radius 3 is 2.93 bits per heavy atom. The van der Waals surface area contributed by atoms with Crippen LogP contribution in [0.3, 0.4) is 0 Å². The fourth-order valence-electron chi connectivity index (χ4n) is 3.33. The Hall–Kier alpha value is -2.84. The van der Waals surface area contributed by atoms with Gasteiger partial charge in [0, 0.05) is 36.4 Å². The van der Waals surface area contributed by atoms with Crippen molar-refractivity contribution in [2.24, 2.45) is 0 Å². The molecule has 0 amide bonds. The summed E-state index contributed by atoms with van der Waals surface area (Å²) in [7, 11) is -3.65. The van der Waals surface area contributed by atoms with E-state index in [4.69, 9.17) is 0 Å². The molecule has 0 aromatic carbocycles. The molecule has 4 heterocycles. The van der Waals surface area contributed by atoms with Crippen LogP contribution in [0.4, 0.5) is 4.39 Å². The largest absolute Gasteiger partial charge is 0.346 e. The lowest BCUT2D eigenvalue weighted by molar-refractivity contribution is 0.0716. The summed E-state index contributed by atoms with van der Waals surface area (Å²) in [6.07, 6.45) is 6.70. The van der Waals surface area contributed by atoms with Gasteiger partial charge in [-0.3, -0.25) is 4.68 Å². The molecule has 0 spiro atoms. The topological polar surface area (TPSA) is 121 Å². The van der Waals surface area contributed by atoms with Gasteiger partial charge in [0.25, 0.3) is 0 Å². The zero-order valence-electron chi connectivity index (χ0n) is 14.2. The van der Waals surface area contributed by atoms with Gasteiger partial charge in [0.1, 0.15) is 24.2 Å². The number of fused-ring (bicyclic) bond motifs is 1. The van der Waals surface area contributed by atoms with Crippen molar-refractivity contribution in [2.45, 2.75) is 12.0 Å². The van der Waals surface area contributed by atoms with E-state index in [-0.39, 0.29) is 19.5 Å². The zero-order chi connectivity index (χ0) is 19.1. The number of nitrogens with one attached hydrogen (secondary N) is 1. The van der Waals surface area contributed by atoms with E-state index in [0.717, 1.165) is 10.9 Å². The van der Waals surface area contributed by atoms with Crippen LogP contribution in [-0.4, -0.2) is 63.0 Å². The summed E-state index contributed by atoms with van der Waals surface area (Å²) in [5, 5.41) is 14.4. The van der Waals surface area contributed by atoms with Crippen molar-refractivity contribution < 1.29 is 12.8 Å². The molecule has 0 aliphatic carbocycles. The Balaban J connectivity index is 1.65. The monoisotopic (exact) mass is 389 g/mol. The van der Waals surface area contributed by atoms with Crippen LogP contribution >= 0.6 is 0 Å². The van der Waals surface area contributed by atoms with E-state index in [9.17, 15) is 18.1 Å². The van der Waals surface area contributed by atoms with Gasteiger partial charge in [-0.15, -0.1) is 0 Å². The van der Waals surface area contributed by atoms with E-state index in [1.807, 2.05) is 6.07 Å². The molecule has 1 saturated heterocycles. The third-order valence-electron chi connectivity index (χ3n) is 4.77. The molecular formula is C16H16FN7O2S. The molecule has 3 aromatic heterocycles. The van der Waals surface area contributed by atoms with Crippen molar-refractivity contribution in [3.63, 3.8) is 0 Å². The Morgan fingerprint density at radius 1 is 1.37 bits per heavy atom. The number of halogens is 1. The average molecular weight is 389 g/mol. The van der Waals surface area contributed by atoms with Crippen molar-refractivity contribution in [3.05, 3.63) is 31.0 Å². The van der Waals surface area contributed by atoms with Crippen LogP contribution in [0.2, 0.25) is 0 Å². The molecule has 140 valence electrons. The molecule has 0 atom stereocenters. The number of aromatic amines is 1. The predicted octanol–water partition coefficient (Wildman–Crippen LogP) is 1.05. The first-order chi connectivity index (χ1) is 13.0. The number of sulfonamides is 1. The van der Waals surface area contributed by atoms with Gasteiger partial charge in [0.05, 0.1) is 30.1 Å². The number of hydrogen-bond acceptors (Lipinski definition) is 6. The van der Waals surface area contributed by atoms with Gasteiger partial charge in [-0.1, -0.05) is 0 Å².